The Labute approximate surface area is 123 Å². The van der Waals surface area contributed by atoms with Crippen molar-refractivity contribution in [1.82, 2.24) is 9.80 Å². The lowest BCUT2D eigenvalue weighted by molar-refractivity contribution is 0.0298. The predicted octanol–water partition coefficient (Wildman–Crippen LogP) is 2.32. The number of nitrogens with two attached hydrogens (primary N) is 1. The van der Waals surface area contributed by atoms with Crippen molar-refractivity contribution >= 4 is 0 Å². The van der Waals surface area contributed by atoms with Crippen molar-refractivity contribution in [3.05, 3.63) is 35.9 Å². The van der Waals surface area contributed by atoms with Gasteiger partial charge in [-0.25, -0.2) is 0 Å². The SMILES string of the molecule is CC(C)N1CCC(CN)(N(C)Cc2ccccc2)CC1. The van der Waals surface area contributed by atoms with Gasteiger partial charge in [-0.2, -0.15) is 0 Å². The molecule has 20 heavy (non-hydrogen) atoms. The maximum Gasteiger partial charge on any atom is 0.0356 e. The molecule has 0 spiro atoms. The van der Waals surface area contributed by atoms with E-state index < -0.39 is 0 Å². The highest BCUT2D eigenvalue weighted by molar-refractivity contribution is 5.15. The first kappa shape index (κ1) is 15.5. The van der Waals surface area contributed by atoms with E-state index in [9.17, 15) is 0 Å². The van der Waals surface area contributed by atoms with Gasteiger partial charge < -0.3 is 10.6 Å². The van der Waals surface area contributed by atoms with Gasteiger partial charge in [0.1, 0.15) is 0 Å². The molecule has 1 aromatic rings. The molecule has 0 saturated carbocycles. The monoisotopic (exact) mass is 275 g/mol. The van der Waals surface area contributed by atoms with Crippen molar-refractivity contribution in [2.75, 3.05) is 26.7 Å². The Balaban J connectivity index is 2.01. The summed E-state index contributed by atoms with van der Waals surface area (Å²) in [6.45, 7) is 8.62. The molecule has 0 radical (unpaired) electrons. The molecule has 0 amide bonds. The lowest BCUT2D eigenvalue weighted by Crippen LogP contribution is -2.58. The summed E-state index contributed by atoms with van der Waals surface area (Å²) in [5, 5.41) is 0. The van der Waals surface area contributed by atoms with Gasteiger partial charge in [-0.15, -0.1) is 0 Å². The van der Waals surface area contributed by atoms with Crippen LogP contribution in [0.5, 0.6) is 0 Å². The molecule has 1 fully saturated rings. The highest BCUT2D eigenvalue weighted by atomic mass is 15.2. The van der Waals surface area contributed by atoms with Gasteiger partial charge in [-0.1, -0.05) is 30.3 Å². The third-order valence-corrected chi connectivity index (χ3v) is 4.91. The van der Waals surface area contributed by atoms with Crippen LogP contribution in [0, 0.1) is 0 Å². The number of hydrogen-bond donors (Lipinski definition) is 1. The number of rotatable bonds is 5. The minimum absolute atomic E-state index is 0.168. The molecule has 2 N–H and O–H groups in total. The molecular weight excluding hydrogens is 246 g/mol. The summed E-state index contributed by atoms with van der Waals surface area (Å²) in [4.78, 5) is 5.03. The molecule has 0 unspecified atom stereocenters. The molecule has 0 bridgehead atoms. The van der Waals surface area contributed by atoms with E-state index in [1.54, 1.807) is 0 Å². The fourth-order valence-corrected chi connectivity index (χ4v) is 3.22. The molecule has 1 saturated heterocycles. The average molecular weight is 275 g/mol. The zero-order valence-corrected chi connectivity index (χ0v) is 13.2. The summed E-state index contributed by atoms with van der Waals surface area (Å²) >= 11 is 0. The highest BCUT2D eigenvalue weighted by Gasteiger charge is 2.37. The maximum absolute atomic E-state index is 6.15. The summed E-state index contributed by atoms with van der Waals surface area (Å²) in [7, 11) is 2.23. The Morgan fingerprint density at radius 2 is 1.80 bits per heavy atom. The van der Waals surface area contributed by atoms with Crippen molar-refractivity contribution in [3.63, 3.8) is 0 Å². The standard InChI is InChI=1S/C17H29N3/c1-15(2)20-11-9-17(14-18,10-12-20)19(3)13-16-7-5-4-6-8-16/h4-8,15H,9-14,18H2,1-3H3. The minimum atomic E-state index is 0.168. The lowest BCUT2D eigenvalue weighted by atomic mass is 9.85. The van der Waals surface area contributed by atoms with Crippen LogP contribution in [-0.2, 0) is 6.54 Å². The third-order valence-electron chi connectivity index (χ3n) is 4.91. The zero-order chi connectivity index (χ0) is 14.6. The summed E-state index contributed by atoms with van der Waals surface area (Å²) in [5.41, 5.74) is 7.69. The number of piperidine rings is 1. The number of likely N-dealkylation sites (N-methyl/N-ethyl adjacent to an activating group) is 1. The molecule has 1 aliphatic rings. The average Bonchev–Trinajstić information content (AvgIpc) is 2.48. The van der Waals surface area contributed by atoms with E-state index in [2.05, 4.69) is 61.0 Å². The molecule has 112 valence electrons. The third kappa shape index (κ3) is 3.40. The normalized spacial score (nSPS) is 19.7. The molecule has 0 aliphatic carbocycles. The van der Waals surface area contributed by atoms with Gasteiger partial charge in [0.15, 0.2) is 0 Å². The Morgan fingerprint density at radius 1 is 1.20 bits per heavy atom. The van der Waals surface area contributed by atoms with E-state index >= 15 is 0 Å². The quantitative estimate of drug-likeness (QED) is 0.895. The smallest absolute Gasteiger partial charge is 0.0356 e. The van der Waals surface area contributed by atoms with Gasteiger partial charge in [0.2, 0.25) is 0 Å². The Bertz CT molecular complexity index is 394. The molecule has 3 nitrogen and oxygen atoms in total. The Morgan fingerprint density at radius 3 is 2.30 bits per heavy atom. The van der Waals surface area contributed by atoms with Gasteiger partial charge in [-0.05, 0) is 39.3 Å². The molecule has 1 aliphatic heterocycles. The number of hydrogen-bond acceptors (Lipinski definition) is 3. The van der Waals surface area contributed by atoms with E-state index in [-0.39, 0.29) is 5.54 Å². The first-order valence-corrected chi connectivity index (χ1v) is 7.77. The van der Waals surface area contributed by atoms with Gasteiger partial charge >= 0.3 is 0 Å². The summed E-state index contributed by atoms with van der Waals surface area (Å²) in [6.07, 6.45) is 2.34. The second-order valence-electron chi connectivity index (χ2n) is 6.40. The molecule has 0 aromatic heterocycles. The topological polar surface area (TPSA) is 32.5 Å². The van der Waals surface area contributed by atoms with Crippen molar-refractivity contribution in [1.29, 1.82) is 0 Å². The molecule has 1 aromatic carbocycles. The second-order valence-corrected chi connectivity index (χ2v) is 6.40. The number of nitrogens with zero attached hydrogens (tertiary/aromatic N) is 2. The van der Waals surface area contributed by atoms with Crippen LogP contribution in [0.4, 0.5) is 0 Å². The Hall–Kier alpha value is -0.900. The van der Waals surface area contributed by atoms with E-state index in [1.807, 2.05) is 0 Å². The molecule has 2 rings (SSSR count). The summed E-state index contributed by atoms with van der Waals surface area (Å²) in [6, 6.07) is 11.3. The zero-order valence-electron chi connectivity index (χ0n) is 13.2. The number of likely N-dealkylation sites (tertiary alicyclic amines) is 1. The van der Waals surface area contributed by atoms with Gasteiger partial charge in [0, 0.05) is 37.8 Å². The summed E-state index contributed by atoms with van der Waals surface area (Å²) < 4.78 is 0. The number of benzene rings is 1. The van der Waals surface area contributed by atoms with E-state index in [0.29, 0.717) is 6.04 Å². The van der Waals surface area contributed by atoms with Crippen LogP contribution in [0.25, 0.3) is 0 Å². The summed E-state index contributed by atoms with van der Waals surface area (Å²) in [5.74, 6) is 0. The van der Waals surface area contributed by atoms with E-state index in [0.717, 1.165) is 26.2 Å². The lowest BCUT2D eigenvalue weighted by Gasteiger charge is -2.48. The fraction of sp³-hybridized carbons (Fsp3) is 0.647. The Kier molecular flexibility index (Phi) is 5.19. The molecule has 1 heterocycles. The van der Waals surface area contributed by atoms with Gasteiger partial charge in [-0.3, -0.25) is 4.90 Å². The van der Waals surface area contributed by atoms with Crippen LogP contribution < -0.4 is 5.73 Å². The fourth-order valence-electron chi connectivity index (χ4n) is 3.22. The second kappa shape index (κ2) is 6.70. The van der Waals surface area contributed by atoms with Gasteiger partial charge in [0.05, 0.1) is 0 Å². The molecule has 0 atom stereocenters. The first-order chi connectivity index (χ1) is 9.57. The van der Waals surface area contributed by atoms with Gasteiger partial charge in [0.25, 0.3) is 0 Å². The van der Waals surface area contributed by atoms with Crippen LogP contribution in [0.1, 0.15) is 32.3 Å². The highest BCUT2D eigenvalue weighted by Crippen LogP contribution is 2.29. The minimum Gasteiger partial charge on any atom is -0.329 e. The van der Waals surface area contributed by atoms with Crippen LogP contribution >= 0.6 is 0 Å². The van der Waals surface area contributed by atoms with Crippen molar-refractivity contribution < 1.29 is 0 Å². The van der Waals surface area contributed by atoms with Crippen molar-refractivity contribution in [2.45, 2.75) is 44.8 Å². The van der Waals surface area contributed by atoms with Crippen molar-refractivity contribution in [3.8, 4) is 0 Å². The van der Waals surface area contributed by atoms with Crippen LogP contribution in [0.15, 0.2) is 30.3 Å². The van der Waals surface area contributed by atoms with Crippen LogP contribution in [0.2, 0.25) is 0 Å². The van der Waals surface area contributed by atoms with Crippen LogP contribution in [-0.4, -0.2) is 48.1 Å². The maximum atomic E-state index is 6.15. The van der Waals surface area contributed by atoms with E-state index in [1.165, 1.54) is 18.4 Å². The van der Waals surface area contributed by atoms with E-state index in [4.69, 9.17) is 5.73 Å². The van der Waals surface area contributed by atoms with Crippen molar-refractivity contribution in [2.24, 2.45) is 5.73 Å². The van der Waals surface area contributed by atoms with Crippen LogP contribution in [0.3, 0.4) is 0 Å². The molecular formula is C17H29N3. The predicted molar refractivity (Wildman–Crippen MR) is 85.6 cm³/mol. The first-order valence-electron chi connectivity index (χ1n) is 7.77. The largest absolute Gasteiger partial charge is 0.329 e. The molecule has 3 heteroatoms.